The number of esters is 1. The van der Waals surface area contributed by atoms with Crippen molar-refractivity contribution in [1.82, 2.24) is 5.32 Å². The van der Waals surface area contributed by atoms with Crippen molar-refractivity contribution >= 4 is 5.97 Å². The summed E-state index contributed by atoms with van der Waals surface area (Å²) in [7, 11) is 0. The van der Waals surface area contributed by atoms with Crippen LogP contribution >= 0.6 is 0 Å². The predicted molar refractivity (Wildman–Crippen MR) is 78.0 cm³/mol. The lowest BCUT2D eigenvalue weighted by atomic mass is 10.00. The Kier molecular flexibility index (Phi) is 6.57. The first-order valence-electron chi connectivity index (χ1n) is 7.00. The zero-order chi connectivity index (χ0) is 14.3. The second-order valence-electron chi connectivity index (χ2n) is 5.25. The van der Waals surface area contributed by atoms with Crippen LogP contribution in [0, 0.1) is 5.92 Å². The molecule has 0 saturated heterocycles. The highest BCUT2D eigenvalue weighted by Gasteiger charge is 2.08. The molecular weight excluding hydrogens is 238 g/mol. The van der Waals surface area contributed by atoms with Crippen LogP contribution in [0.2, 0.25) is 0 Å². The summed E-state index contributed by atoms with van der Waals surface area (Å²) in [5.41, 5.74) is 2.55. The SMILES string of the molecule is CCOC(=O)CNC(C)c1ccc(CC(C)C)cc1. The fourth-order valence-corrected chi connectivity index (χ4v) is 1.98. The standard InChI is InChI=1S/C16H25NO2/c1-5-19-16(18)11-17-13(4)15-8-6-14(7-9-15)10-12(2)3/h6-9,12-13,17H,5,10-11H2,1-4H3. The molecule has 0 heterocycles. The molecule has 3 heteroatoms. The third-order valence-corrected chi connectivity index (χ3v) is 2.98. The van der Waals surface area contributed by atoms with Crippen LogP contribution in [0.4, 0.5) is 0 Å². The predicted octanol–water partition coefficient (Wildman–Crippen LogP) is 3.10. The molecule has 106 valence electrons. The summed E-state index contributed by atoms with van der Waals surface area (Å²) < 4.78 is 4.89. The molecule has 0 aromatic heterocycles. The van der Waals surface area contributed by atoms with Crippen molar-refractivity contribution in [2.24, 2.45) is 5.92 Å². The topological polar surface area (TPSA) is 38.3 Å². The van der Waals surface area contributed by atoms with E-state index in [9.17, 15) is 4.79 Å². The summed E-state index contributed by atoms with van der Waals surface area (Å²) in [6, 6.07) is 8.73. The Hall–Kier alpha value is -1.35. The molecule has 0 spiro atoms. The lowest BCUT2D eigenvalue weighted by Crippen LogP contribution is -2.27. The van der Waals surface area contributed by atoms with Crippen molar-refractivity contribution in [3.05, 3.63) is 35.4 Å². The van der Waals surface area contributed by atoms with Gasteiger partial charge in [-0.2, -0.15) is 0 Å². The molecule has 0 aliphatic rings. The van der Waals surface area contributed by atoms with Gasteiger partial charge in [0.2, 0.25) is 0 Å². The van der Waals surface area contributed by atoms with Crippen molar-refractivity contribution in [3.8, 4) is 0 Å². The van der Waals surface area contributed by atoms with Gasteiger partial charge in [-0.3, -0.25) is 4.79 Å². The Morgan fingerprint density at radius 3 is 2.37 bits per heavy atom. The van der Waals surface area contributed by atoms with Crippen LogP contribution in [0.1, 0.15) is 44.9 Å². The van der Waals surface area contributed by atoms with E-state index in [-0.39, 0.29) is 18.6 Å². The first-order chi connectivity index (χ1) is 9.02. The normalized spacial score (nSPS) is 12.5. The van der Waals surface area contributed by atoms with Gasteiger partial charge in [0.05, 0.1) is 13.2 Å². The Morgan fingerprint density at radius 1 is 1.21 bits per heavy atom. The fourth-order valence-electron chi connectivity index (χ4n) is 1.98. The minimum Gasteiger partial charge on any atom is -0.465 e. The summed E-state index contributed by atoms with van der Waals surface area (Å²) >= 11 is 0. The van der Waals surface area contributed by atoms with Crippen LogP contribution in [-0.4, -0.2) is 19.1 Å². The summed E-state index contributed by atoms with van der Waals surface area (Å²) in [5, 5.41) is 3.17. The van der Waals surface area contributed by atoms with E-state index in [1.165, 1.54) is 11.1 Å². The summed E-state index contributed by atoms with van der Waals surface area (Å²) in [5.74, 6) is 0.469. The molecule has 0 amide bonds. The van der Waals surface area contributed by atoms with Gasteiger partial charge in [0.25, 0.3) is 0 Å². The van der Waals surface area contributed by atoms with Crippen molar-refractivity contribution in [2.45, 2.75) is 40.2 Å². The minimum absolute atomic E-state index is 0.150. The maximum atomic E-state index is 11.3. The number of ether oxygens (including phenoxy) is 1. The number of benzene rings is 1. The second-order valence-corrected chi connectivity index (χ2v) is 5.25. The van der Waals surface area contributed by atoms with Crippen LogP contribution in [0.5, 0.6) is 0 Å². The number of hydrogen-bond acceptors (Lipinski definition) is 3. The Balaban J connectivity index is 2.48. The van der Waals surface area contributed by atoms with Gasteiger partial charge in [0.1, 0.15) is 0 Å². The number of rotatable bonds is 7. The third kappa shape index (κ3) is 5.88. The van der Waals surface area contributed by atoms with Crippen molar-refractivity contribution in [1.29, 1.82) is 0 Å². The molecule has 1 atom stereocenters. The van der Waals surface area contributed by atoms with E-state index in [2.05, 4.69) is 50.4 Å². The molecule has 1 N–H and O–H groups in total. The summed E-state index contributed by atoms with van der Waals surface area (Å²) in [4.78, 5) is 11.3. The molecule has 1 unspecified atom stereocenters. The van der Waals surface area contributed by atoms with E-state index in [0.717, 1.165) is 6.42 Å². The Bertz CT molecular complexity index is 384. The molecule has 0 fully saturated rings. The molecule has 1 aromatic rings. The van der Waals surface area contributed by atoms with Crippen LogP contribution in [0.25, 0.3) is 0 Å². The molecule has 1 rings (SSSR count). The van der Waals surface area contributed by atoms with Gasteiger partial charge in [0, 0.05) is 6.04 Å². The maximum absolute atomic E-state index is 11.3. The summed E-state index contributed by atoms with van der Waals surface area (Å²) in [6.45, 7) is 8.99. The van der Waals surface area contributed by atoms with Crippen LogP contribution in [0.15, 0.2) is 24.3 Å². The first-order valence-corrected chi connectivity index (χ1v) is 7.00. The fraction of sp³-hybridized carbons (Fsp3) is 0.562. The van der Waals surface area contributed by atoms with Gasteiger partial charge >= 0.3 is 5.97 Å². The highest BCUT2D eigenvalue weighted by atomic mass is 16.5. The third-order valence-electron chi connectivity index (χ3n) is 2.98. The number of nitrogens with one attached hydrogen (secondary N) is 1. The zero-order valence-electron chi connectivity index (χ0n) is 12.4. The van der Waals surface area contributed by atoms with Crippen molar-refractivity contribution in [2.75, 3.05) is 13.2 Å². The van der Waals surface area contributed by atoms with Gasteiger partial charge in [-0.1, -0.05) is 38.1 Å². The lowest BCUT2D eigenvalue weighted by Gasteiger charge is -2.14. The Morgan fingerprint density at radius 2 is 1.84 bits per heavy atom. The van der Waals surface area contributed by atoms with E-state index in [0.29, 0.717) is 12.5 Å². The second kappa shape index (κ2) is 7.95. The zero-order valence-corrected chi connectivity index (χ0v) is 12.4. The quantitative estimate of drug-likeness (QED) is 0.768. The molecule has 3 nitrogen and oxygen atoms in total. The highest BCUT2D eigenvalue weighted by Crippen LogP contribution is 2.15. The van der Waals surface area contributed by atoms with Gasteiger partial charge in [-0.25, -0.2) is 0 Å². The monoisotopic (exact) mass is 263 g/mol. The minimum atomic E-state index is -0.203. The van der Waals surface area contributed by atoms with E-state index in [1.807, 2.05) is 6.92 Å². The van der Waals surface area contributed by atoms with Crippen molar-refractivity contribution < 1.29 is 9.53 Å². The molecule has 19 heavy (non-hydrogen) atoms. The molecule has 0 aliphatic heterocycles. The van der Waals surface area contributed by atoms with Crippen LogP contribution in [0.3, 0.4) is 0 Å². The van der Waals surface area contributed by atoms with E-state index in [1.54, 1.807) is 0 Å². The first kappa shape index (κ1) is 15.7. The van der Waals surface area contributed by atoms with E-state index < -0.39 is 0 Å². The molecular formula is C16H25NO2. The van der Waals surface area contributed by atoms with Crippen LogP contribution < -0.4 is 5.32 Å². The number of hydrogen-bond donors (Lipinski definition) is 1. The maximum Gasteiger partial charge on any atom is 0.319 e. The lowest BCUT2D eigenvalue weighted by molar-refractivity contribution is -0.142. The van der Waals surface area contributed by atoms with Crippen LogP contribution in [-0.2, 0) is 16.0 Å². The average molecular weight is 263 g/mol. The smallest absolute Gasteiger partial charge is 0.319 e. The molecule has 0 radical (unpaired) electrons. The highest BCUT2D eigenvalue weighted by molar-refractivity contribution is 5.71. The average Bonchev–Trinajstić information content (AvgIpc) is 2.36. The van der Waals surface area contributed by atoms with E-state index >= 15 is 0 Å². The molecule has 0 saturated carbocycles. The van der Waals surface area contributed by atoms with Gasteiger partial charge < -0.3 is 10.1 Å². The molecule has 0 aliphatic carbocycles. The summed E-state index contributed by atoms with van der Waals surface area (Å²) in [6.07, 6.45) is 1.10. The molecule has 0 bridgehead atoms. The largest absolute Gasteiger partial charge is 0.465 e. The number of carbonyl (C=O) groups is 1. The van der Waals surface area contributed by atoms with Gasteiger partial charge in [-0.05, 0) is 37.3 Å². The Labute approximate surface area is 116 Å². The van der Waals surface area contributed by atoms with Gasteiger partial charge in [0.15, 0.2) is 0 Å². The van der Waals surface area contributed by atoms with E-state index in [4.69, 9.17) is 4.74 Å². The number of carbonyl (C=O) groups excluding carboxylic acids is 1. The molecule has 1 aromatic carbocycles. The van der Waals surface area contributed by atoms with Gasteiger partial charge in [-0.15, -0.1) is 0 Å². The van der Waals surface area contributed by atoms with Crippen molar-refractivity contribution in [3.63, 3.8) is 0 Å².